The molecule has 2 aromatic rings. The minimum atomic E-state index is -1.67. The zero-order valence-electron chi connectivity index (χ0n) is 13.7. The molecule has 3 N–H and O–H groups in total. The van der Waals surface area contributed by atoms with Crippen LogP contribution in [0.2, 0.25) is 0 Å². The first-order valence-electron chi connectivity index (χ1n) is 7.47. The summed E-state index contributed by atoms with van der Waals surface area (Å²) in [5, 5.41) is 28.1. The van der Waals surface area contributed by atoms with Gasteiger partial charge < -0.3 is 15.3 Å². The lowest BCUT2D eigenvalue weighted by Gasteiger charge is -2.19. The fourth-order valence-electron chi connectivity index (χ4n) is 2.02. The van der Waals surface area contributed by atoms with Gasteiger partial charge in [0.15, 0.2) is 5.79 Å². The van der Waals surface area contributed by atoms with E-state index in [1.165, 1.54) is 0 Å². The molecule has 0 atom stereocenters. The number of rotatable bonds is 2. The maximum Gasteiger partial charge on any atom is 0.189 e. The Morgan fingerprint density at radius 3 is 1.73 bits per heavy atom. The van der Waals surface area contributed by atoms with Gasteiger partial charge in [-0.1, -0.05) is 76.2 Å². The molecule has 22 heavy (non-hydrogen) atoms. The first-order chi connectivity index (χ1) is 10.2. The van der Waals surface area contributed by atoms with Crippen molar-refractivity contribution >= 4 is 0 Å². The molecule has 0 radical (unpaired) electrons. The molecule has 0 heterocycles. The third-order valence-electron chi connectivity index (χ3n) is 3.44. The lowest BCUT2D eigenvalue weighted by atomic mass is 9.86. The summed E-state index contributed by atoms with van der Waals surface area (Å²) in [4.78, 5) is 0. The number of para-hydroxylation sites is 1. The highest BCUT2D eigenvalue weighted by atomic mass is 16.5. The molecule has 0 unspecified atom stereocenters. The van der Waals surface area contributed by atoms with Crippen LogP contribution >= 0.6 is 0 Å². The van der Waals surface area contributed by atoms with Crippen molar-refractivity contribution in [1.82, 2.24) is 0 Å². The van der Waals surface area contributed by atoms with E-state index in [1.807, 2.05) is 24.3 Å². The maximum atomic E-state index is 9.45. The van der Waals surface area contributed by atoms with Crippen LogP contribution in [0.25, 0.3) is 0 Å². The molecule has 0 aliphatic heterocycles. The van der Waals surface area contributed by atoms with Crippen LogP contribution in [0.4, 0.5) is 0 Å². The lowest BCUT2D eigenvalue weighted by Crippen LogP contribution is -2.23. The first-order valence-corrected chi connectivity index (χ1v) is 7.47. The molecular weight excluding hydrogens is 276 g/mol. The molecule has 0 aromatic heterocycles. The first kappa shape index (κ1) is 18.2. The molecule has 2 rings (SSSR count). The van der Waals surface area contributed by atoms with Gasteiger partial charge >= 0.3 is 0 Å². The van der Waals surface area contributed by atoms with E-state index in [0.717, 1.165) is 5.56 Å². The van der Waals surface area contributed by atoms with Crippen LogP contribution in [-0.4, -0.2) is 15.3 Å². The van der Waals surface area contributed by atoms with E-state index >= 15 is 0 Å². The number of phenols is 1. The highest BCUT2D eigenvalue weighted by Gasteiger charge is 2.21. The largest absolute Gasteiger partial charge is 0.508 e. The molecule has 0 bridgehead atoms. The summed E-state index contributed by atoms with van der Waals surface area (Å²) in [6.45, 7) is 7.99. The molecular formula is C19H26O3. The predicted molar refractivity (Wildman–Crippen MR) is 89.7 cm³/mol. The van der Waals surface area contributed by atoms with E-state index in [4.69, 9.17) is 0 Å². The van der Waals surface area contributed by atoms with Crippen LogP contribution in [0.5, 0.6) is 5.75 Å². The fraction of sp³-hybridized carbons (Fsp3) is 0.368. The second kappa shape index (κ2) is 7.43. The summed E-state index contributed by atoms with van der Waals surface area (Å²) in [5.74, 6) is -1.28. The molecule has 0 saturated heterocycles. The molecule has 0 amide bonds. The minimum Gasteiger partial charge on any atom is -0.508 e. The maximum absolute atomic E-state index is 9.45. The van der Waals surface area contributed by atoms with Crippen molar-refractivity contribution in [1.29, 1.82) is 0 Å². The van der Waals surface area contributed by atoms with E-state index in [-0.39, 0.29) is 5.41 Å². The Hall–Kier alpha value is -1.84. The molecule has 0 aliphatic carbocycles. The Morgan fingerprint density at radius 1 is 0.818 bits per heavy atom. The van der Waals surface area contributed by atoms with E-state index in [9.17, 15) is 15.3 Å². The highest BCUT2D eigenvalue weighted by molar-refractivity contribution is 5.36. The third kappa shape index (κ3) is 5.17. The SMILES string of the molecule is CC(C)(C)c1ccccc1O.CCC(O)(O)c1ccccc1. The van der Waals surface area contributed by atoms with E-state index in [0.29, 0.717) is 17.7 Å². The van der Waals surface area contributed by atoms with Gasteiger partial charge in [0, 0.05) is 12.0 Å². The van der Waals surface area contributed by atoms with Gasteiger partial charge in [-0.3, -0.25) is 0 Å². The van der Waals surface area contributed by atoms with Crippen molar-refractivity contribution in [3.8, 4) is 5.75 Å². The number of benzene rings is 2. The summed E-state index contributed by atoms with van der Waals surface area (Å²) in [5.41, 5.74) is 1.58. The molecule has 3 heteroatoms. The number of phenolic OH excluding ortho intramolecular Hbond substituents is 1. The van der Waals surface area contributed by atoms with Crippen LogP contribution in [0.1, 0.15) is 45.2 Å². The van der Waals surface area contributed by atoms with Crippen molar-refractivity contribution < 1.29 is 15.3 Å². The van der Waals surface area contributed by atoms with Crippen molar-refractivity contribution in [2.24, 2.45) is 0 Å². The average Bonchev–Trinajstić information content (AvgIpc) is 2.48. The zero-order valence-corrected chi connectivity index (χ0v) is 13.7. The molecule has 0 saturated carbocycles. The lowest BCUT2D eigenvalue weighted by molar-refractivity contribution is -0.171. The normalized spacial score (nSPS) is 11.5. The van der Waals surface area contributed by atoms with E-state index in [2.05, 4.69) is 20.8 Å². The molecule has 0 fully saturated rings. The van der Waals surface area contributed by atoms with Gasteiger partial charge in [0.25, 0.3) is 0 Å². The smallest absolute Gasteiger partial charge is 0.189 e. The Bertz CT molecular complexity index is 569. The summed E-state index contributed by atoms with van der Waals surface area (Å²) in [6, 6.07) is 16.3. The van der Waals surface area contributed by atoms with Crippen molar-refractivity contribution in [3.63, 3.8) is 0 Å². The summed E-state index contributed by atoms with van der Waals surface area (Å²) in [7, 11) is 0. The van der Waals surface area contributed by atoms with Gasteiger partial charge in [0.2, 0.25) is 0 Å². The van der Waals surface area contributed by atoms with Gasteiger partial charge in [-0.05, 0) is 17.0 Å². The van der Waals surface area contributed by atoms with Crippen LogP contribution in [-0.2, 0) is 11.2 Å². The number of hydrogen-bond donors (Lipinski definition) is 3. The van der Waals surface area contributed by atoms with Crippen LogP contribution in [0.3, 0.4) is 0 Å². The van der Waals surface area contributed by atoms with Gasteiger partial charge in [-0.15, -0.1) is 0 Å². The molecule has 0 spiro atoms. The summed E-state index contributed by atoms with van der Waals surface area (Å²) < 4.78 is 0. The Morgan fingerprint density at radius 2 is 1.32 bits per heavy atom. The number of aliphatic hydroxyl groups is 2. The zero-order chi connectivity index (χ0) is 16.8. The molecule has 2 aromatic carbocycles. The van der Waals surface area contributed by atoms with Gasteiger partial charge in [0.1, 0.15) is 5.75 Å². The van der Waals surface area contributed by atoms with Crippen LogP contribution in [0.15, 0.2) is 54.6 Å². The fourth-order valence-corrected chi connectivity index (χ4v) is 2.02. The molecule has 120 valence electrons. The standard InChI is InChI=1S/C10H14O.C9H12O2/c1-10(2,3)8-6-4-5-7-9(8)11;1-2-9(10,11)8-6-4-3-5-7-8/h4-7,11H,1-3H3;3-7,10-11H,2H2,1H3. The van der Waals surface area contributed by atoms with E-state index < -0.39 is 5.79 Å². The Kier molecular flexibility index (Phi) is 6.15. The quantitative estimate of drug-likeness (QED) is 0.737. The monoisotopic (exact) mass is 302 g/mol. The summed E-state index contributed by atoms with van der Waals surface area (Å²) in [6.07, 6.45) is 0.303. The second-order valence-electron chi connectivity index (χ2n) is 6.30. The molecule has 0 aliphatic rings. The Balaban J connectivity index is 0.000000220. The number of hydrogen-bond acceptors (Lipinski definition) is 3. The predicted octanol–water partition coefficient (Wildman–Crippen LogP) is 3.92. The van der Waals surface area contributed by atoms with Crippen molar-refractivity contribution in [3.05, 3.63) is 65.7 Å². The van der Waals surface area contributed by atoms with Crippen molar-refractivity contribution in [2.75, 3.05) is 0 Å². The van der Waals surface area contributed by atoms with Crippen molar-refractivity contribution in [2.45, 2.75) is 45.3 Å². The average molecular weight is 302 g/mol. The highest BCUT2D eigenvalue weighted by Crippen LogP contribution is 2.29. The van der Waals surface area contributed by atoms with Crippen LogP contribution in [0, 0.1) is 0 Å². The second-order valence-corrected chi connectivity index (χ2v) is 6.30. The summed E-state index contributed by atoms with van der Waals surface area (Å²) >= 11 is 0. The third-order valence-corrected chi connectivity index (χ3v) is 3.44. The number of aromatic hydroxyl groups is 1. The Labute approximate surface area is 132 Å². The van der Waals surface area contributed by atoms with Gasteiger partial charge in [-0.2, -0.15) is 0 Å². The minimum absolute atomic E-state index is 0.0331. The molecule has 3 nitrogen and oxygen atoms in total. The van der Waals surface area contributed by atoms with Crippen LogP contribution < -0.4 is 0 Å². The van der Waals surface area contributed by atoms with Gasteiger partial charge in [-0.25, -0.2) is 0 Å². The van der Waals surface area contributed by atoms with Gasteiger partial charge in [0.05, 0.1) is 0 Å². The van der Waals surface area contributed by atoms with E-state index in [1.54, 1.807) is 37.3 Å². The topological polar surface area (TPSA) is 60.7 Å².